The smallest absolute Gasteiger partial charge is 0.336 e. The summed E-state index contributed by atoms with van der Waals surface area (Å²) in [5, 5.41) is 21.5. The van der Waals surface area contributed by atoms with Gasteiger partial charge >= 0.3 is 5.97 Å². The van der Waals surface area contributed by atoms with E-state index >= 15 is 0 Å². The summed E-state index contributed by atoms with van der Waals surface area (Å²) >= 11 is 0. The molecule has 2 saturated heterocycles. The molecule has 2 aromatic rings. The number of carbonyl (C=O) groups is 2. The Morgan fingerprint density at radius 2 is 1.97 bits per heavy atom. The molecule has 12 nitrogen and oxygen atoms in total. The summed E-state index contributed by atoms with van der Waals surface area (Å²) in [5.74, 6) is 0.0770. The highest BCUT2D eigenvalue weighted by molar-refractivity contribution is 5.94. The molecular formula is C21H26N8O4. The number of aliphatic hydroxyl groups is 1. The lowest BCUT2D eigenvalue weighted by Crippen LogP contribution is -2.45. The number of hydrogen-bond donors (Lipinski definition) is 1. The number of ether oxygens (including phenoxy) is 1. The number of aliphatic hydroxyl groups excluding tert-OH is 1. The van der Waals surface area contributed by atoms with E-state index in [1.165, 1.54) is 11.0 Å². The van der Waals surface area contributed by atoms with E-state index in [-0.39, 0.29) is 24.5 Å². The maximum absolute atomic E-state index is 13.4. The zero-order valence-electron chi connectivity index (χ0n) is 18.6. The van der Waals surface area contributed by atoms with Crippen LogP contribution in [0.2, 0.25) is 0 Å². The number of aromatic nitrogens is 6. The van der Waals surface area contributed by atoms with Gasteiger partial charge in [0.05, 0.1) is 22.8 Å². The van der Waals surface area contributed by atoms with Gasteiger partial charge in [-0.3, -0.25) is 4.79 Å². The third-order valence-corrected chi connectivity index (χ3v) is 7.01. The average Bonchev–Trinajstić information content (AvgIpc) is 3.52. The molecule has 1 amide bonds. The third-order valence-electron chi connectivity index (χ3n) is 7.01. The second-order valence-corrected chi connectivity index (χ2v) is 9.04. The molecule has 2 fully saturated rings. The second-order valence-electron chi connectivity index (χ2n) is 9.04. The number of likely N-dealkylation sites (tertiary alicyclic amines) is 2. The molecule has 1 N–H and O–H groups in total. The first-order valence-electron chi connectivity index (χ1n) is 11.0. The highest BCUT2D eigenvalue weighted by Gasteiger charge is 2.53. The number of nitrogens with zero attached hydrogens (tertiary/aromatic N) is 8. The Morgan fingerprint density at radius 3 is 2.58 bits per heavy atom. The van der Waals surface area contributed by atoms with Gasteiger partial charge in [0.1, 0.15) is 12.9 Å². The Kier molecular flexibility index (Phi) is 5.41. The first-order valence-corrected chi connectivity index (χ1v) is 11.0. The Labute approximate surface area is 190 Å². The van der Waals surface area contributed by atoms with E-state index in [2.05, 4.69) is 30.4 Å². The normalized spacial score (nSPS) is 24.1. The van der Waals surface area contributed by atoms with Crippen LogP contribution in [0.25, 0.3) is 5.95 Å². The molecule has 5 rings (SSSR count). The van der Waals surface area contributed by atoms with Gasteiger partial charge in [-0.1, -0.05) is 0 Å². The largest absolute Gasteiger partial charge is 0.456 e. The van der Waals surface area contributed by atoms with Crippen LogP contribution in [0, 0.1) is 5.41 Å². The summed E-state index contributed by atoms with van der Waals surface area (Å²) in [4.78, 5) is 37.6. The minimum absolute atomic E-state index is 0.0324. The Morgan fingerprint density at radius 1 is 1.24 bits per heavy atom. The number of piperidine rings is 1. The Hall–Kier alpha value is -3.25. The highest BCUT2D eigenvalue weighted by atomic mass is 16.5. The number of tetrazole rings is 1. The number of amides is 1. The molecule has 12 heteroatoms. The van der Waals surface area contributed by atoms with Crippen LogP contribution >= 0.6 is 0 Å². The van der Waals surface area contributed by atoms with E-state index in [0.717, 1.165) is 19.3 Å². The number of β-amino-alcohol motifs (C(OH)–C–C–N with tert-alkyl or cyclic N) is 1. The van der Waals surface area contributed by atoms with Crippen LogP contribution in [0.5, 0.6) is 0 Å². The third kappa shape index (κ3) is 3.78. The van der Waals surface area contributed by atoms with Gasteiger partial charge in [-0.15, -0.1) is 5.10 Å². The maximum Gasteiger partial charge on any atom is 0.336 e. The molecule has 1 spiro atoms. The quantitative estimate of drug-likeness (QED) is 0.615. The van der Waals surface area contributed by atoms with Crippen LogP contribution in [0.4, 0.5) is 0 Å². The van der Waals surface area contributed by atoms with E-state index in [0.29, 0.717) is 42.4 Å². The van der Waals surface area contributed by atoms with Gasteiger partial charge in [0.15, 0.2) is 0 Å². The van der Waals surface area contributed by atoms with Crippen LogP contribution < -0.4 is 0 Å². The fourth-order valence-electron chi connectivity index (χ4n) is 5.11. The topological polar surface area (TPSA) is 139 Å². The molecular weight excluding hydrogens is 428 g/mol. The lowest BCUT2D eigenvalue weighted by Gasteiger charge is -2.38. The molecule has 2 atom stereocenters. The van der Waals surface area contributed by atoms with Gasteiger partial charge < -0.3 is 19.6 Å². The number of cyclic esters (lactones) is 1. The molecule has 5 heterocycles. The van der Waals surface area contributed by atoms with Gasteiger partial charge in [0, 0.05) is 30.5 Å². The fourth-order valence-corrected chi connectivity index (χ4v) is 5.11. The molecule has 2 aromatic heterocycles. The zero-order chi connectivity index (χ0) is 23.2. The molecule has 3 aliphatic heterocycles. The predicted octanol–water partition coefficient (Wildman–Crippen LogP) is 0.0195. The highest BCUT2D eigenvalue weighted by Crippen LogP contribution is 2.46. The van der Waals surface area contributed by atoms with Crippen LogP contribution in [-0.2, 0) is 14.3 Å². The standard InChI is InChI=1S/C21H26N8O4/c1-13-7-21(19(32)29(13)16-11-33-18(31)14(16)2)3-5-27(6-4-21)10-17(30)15-8-22-20(23-9-15)28-12-24-25-26-28/h8-9,12-13,17,30H,3-7,10-11H2,1-2H3. The summed E-state index contributed by atoms with van der Waals surface area (Å²) < 4.78 is 6.47. The summed E-state index contributed by atoms with van der Waals surface area (Å²) in [6.07, 6.45) is 6.00. The molecule has 33 heavy (non-hydrogen) atoms. The van der Waals surface area contributed by atoms with E-state index in [9.17, 15) is 14.7 Å². The SMILES string of the molecule is CC1=C(N2C(=O)C3(CCN(CC(O)c4cnc(-n5cnnn5)nc4)CC3)CC2C)COC1=O. The molecule has 0 aliphatic carbocycles. The van der Waals surface area contributed by atoms with Crippen molar-refractivity contribution in [1.29, 1.82) is 0 Å². The minimum atomic E-state index is -0.744. The molecule has 3 aliphatic rings. The molecule has 0 bridgehead atoms. The summed E-state index contributed by atoms with van der Waals surface area (Å²) in [7, 11) is 0. The van der Waals surface area contributed by atoms with E-state index in [4.69, 9.17) is 4.74 Å². The first-order chi connectivity index (χ1) is 15.9. The Balaban J connectivity index is 1.20. The predicted molar refractivity (Wildman–Crippen MR) is 112 cm³/mol. The minimum Gasteiger partial charge on any atom is -0.456 e. The lowest BCUT2D eigenvalue weighted by molar-refractivity contribution is -0.139. The van der Waals surface area contributed by atoms with Crippen molar-refractivity contribution in [3.8, 4) is 5.95 Å². The monoisotopic (exact) mass is 454 g/mol. The summed E-state index contributed by atoms with van der Waals surface area (Å²) in [6, 6.07) is 0.0324. The van der Waals surface area contributed by atoms with Crippen LogP contribution in [0.15, 0.2) is 30.0 Å². The van der Waals surface area contributed by atoms with Crippen molar-refractivity contribution in [1.82, 2.24) is 40.0 Å². The van der Waals surface area contributed by atoms with Gasteiger partial charge in [0.25, 0.3) is 5.95 Å². The van der Waals surface area contributed by atoms with Crippen molar-refractivity contribution in [3.05, 3.63) is 35.6 Å². The number of carbonyl (C=O) groups excluding carboxylic acids is 2. The summed E-state index contributed by atoms with van der Waals surface area (Å²) in [6.45, 7) is 5.78. The van der Waals surface area contributed by atoms with Crippen LogP contribution in [0.1, 0.15) is 44.8 Å². The van der Waals surface area contributed by atoms with Gasteiger partial charge in [-0.25, -0.2) is 14.8 Å². The van der Waals surface area contributed by atoms with Crippen molar-refractivity contribution >= 4 is 11.9 Å². The van der Waals surface area contributed by atoms with Crippen molar-refractivity contribution in [2.45, 2.75) is 45.3 Å². The zero-order valence-corrected chi connectivity index (χ0v) is 18.6. The average molecular weight is 454 g/mol. The van der Waals surface area contributed by atoms with Crippen LogP contribution in [-0.4, -0.2) is 89.2 Å². The van der Waals surface area contributed by atoms with Crippen LogP contribution in [0.3, 0.4) is 0 Å². The lowest BCUT2D eigenvalue weighted by atomic mass is 9.76. The van der Waals surface area contributed by atoms with Gasteiger partial charge in [-0.05, 0) is 56.6 Å². The Bertz CT molecular complexity index is 1080. The van der Waals surface area contributed by atoms with Gasteiger partial charge in [-0.2, -0.15) is 4.68 Å². The van der Waals surface area contributed by atoms with Crippen molar-refractivity contribution in [2.24, 2.45) is 5.41 Å². The molecule has 0 saturated carbocycles. The first kappa shape index (κ1) is 21.6. The number of rotatable bonds is 5. The molecule has 2 unspecified atom stereocenters. The van der Waals surface area contributed by atoms with Crippen molar-refractivity contribution in [2.75, 3.05) is 26.2 Å². The van der Waals surface area contributed by atoms with Crippen molar-refractivity contribution in [3.63, 3.8) is 0 Å². The van der Waals surface area contributed by atoms with Crippen molar-refractivity contribution < 1.29 is 19.4 Å². The number of hydrogen-bond acceptors (Lipinski definition) is 10. The summed E-state index contributed by atoms with van der Waals surface area (Å²) in [5.41, 5.74) is 1.42. The van der Waals surface area contributed by atoms with E-state index < -0.39 is 11.5 Å². The second kappa shape index (κ2) is 8.27. The van der Waals surface area contributed by atoms with E-state index in [1.807, 2.05) is 6.92 Å². The van der Waals surface area contributed by atoms with Gasteiger partial charge in [0.2, 0.25) is 5.91 Å². The molecule has 0 aromatic carbocycles. The maximum atomic E-state index is 13.4. The molecule has 174 valence electrons. The number of esters is 1. The fraction of sp³-hybridized carbons (Fsp3) is 0.571. The molecule has 0 radical (unpaired) electrons. The van der Waals surface area contributed by atoms with E-state index in [1.54, 1.807) is 24.2 Å².